The normalized spacial score (nSPS) is 34.8. The number of carbonyl (C=O) groups is 1. The van der Waals surface area contributed by atoms with Crippen LogP contribution in [0.3, 0.4) is 0 Å². The summed E-state index contributed by atoms with van der Waals surface area (Å²) in [5.41, 5.74) is 3.12. The lowest BCUT2D eigenvalue weighted by Crippen LogP contribution is -2.27. The van der Waals surface area contributed by atoms with Gasteiger partial charge >= 0.3 is 0 Å². The average molecular weight is 178 g/mol. The average Bonchev–Trinajstić information content (AvgIpc) is 2.15. The number of carbonyl (C=O) groups excluding carboxylic acids is 1. The molecule has 0 amide bonds. The summed E-state index contributed by atoms with van der Waals surface area (Å²) in [7, 11) is 0. The van der Waals surface area contributed by atoms with Crippen LogP contribution in [0.25, 0.3) is 0 Å². The first-order valence-electron chi connectivity index (χ1n) is 5.44. The van der Waals surface area contributed by atoms with E-state index in [1.54, 1.807) is 5.57 Å². The van der Waals surface area contributed by atoms with E-state index in [0.717, 1.165) is 6.42 Å². The van der Waals surface area contributed by atoms with Crippen molar-refractivity contribution in [2.75, 3.05) is 0 Å². The van der Waals surface area contributed by atoms with E-state index in [-0.39, 0.29) is 5.92 Å². The predicted octanol–water partition coefficient (Wildman–Crippen LogP) is 3.10. The van der Waals surface area contributed by atoms with Gasteiger partial charge in [0.2, 0.25) is 0 Å². The molecule has 1 nitrogen and oxygen atoms in total. The summed E-state index contributed by atoms with van der Waals surface area (Å²) < 4.78 is 0. The second kappa shape index (κ2) is 3.28. The van der Waals surface area contributed by atoms with Gasteiger partial charge in [-0.25, -0.2) is 0 Å². The molecule has 2 aliphatic rings. The highest BCUT2D eigenvalue weighted by Gasteiger charge is 2.31. The monoisotopic (exact) mass is 178 g/mol. The van der Waals surface area contributed by atoms with Crippen LogP contribution in [-0.2, 0) is 4.79 Å². The Hall–Kier alpha value is -0.590. The third kappa shape index (κ3) is 1.45. The summed E-state index contributed by atoms with van der Waals surface area (Å²) in [6, 6.07) is 0. The van der Waals surface area contributed by atoms with Gasteiger partial charge in [0.25, 0.3) is 0 Å². The molecule has 0 aromatic rings. The van der Waals surface area contributed by atoms with E-state index < -0.39 is 0 Å². The minimum Gasteiger partial charge on any atom is -0.299 e. The zero-order chi connectivity index (χ0) is 9.42. The minimum atomic E-state index is 0.242. The highest BCUT2D eigenvalue weighted by Crippen LogP contribution is 2.40. The highest BCUT2D eigenvalue weighted by molar-refractivity contribution is 5.85. The Morgan fingerprint density at radius 3 is 2.38 bits per heavy atom. The van der Waals surface area contributed by atoms with Crippen LogP contribution in [0.5, 0.6) is 0 Å². The minimum absolute atomic E-state index is 0.242. The van der Waals surface area contributed by atoms with Gasteiger partial charge in [-0.15, -0.1) is 0 Å². The maximum atomic E-state index is 11.6. The summed E-state index contributed by atoms with van der Waals surface area (Å²) >= 11 is 0. The van der Waals surface area contributed by atoms with E-state index in [4.69, 9.17) is 0 Å². The first-order chi connectivity index (χ1) is 6.20. The molecule has 72 valence electrons. The highest BCUT2D eigenvalue weighted by atomic mass is 16.1. The Kier molecular flexibility index (Phi) is 2.27. The smallest absolute Gasteiger partial charge is 0.140 e. The number of rotatable bonds is 0. The van der Waals surface area contributed by atoms with Crippen LogP contribution in [0.15, 0.2) is 11.1 Å². The molecular formula is C12H18O. The molecule has 2 rings (SSSR count). The number of Topliss-reactive ketones (excluding diaryl/α,β-unsaturated/α-hetero) is 1. The Bertz CT molecular complexity index is 262. The Balaban J connectivity index is 2.34. The molecule has 0 aromatic carbocycles. The van der Waals surface area contributed by atoms with Gasteiger partial charge in [0.15, 0.2) is 0 Å². The summed E-state index contributed by atoms with van der Waals surface area (Å²) in [6.07, 6.45) is 5.87. The summed E-state index contributed by atoms with van der Waals surface area (Å²) in [5.74, 6) is 1.25. The van der Waals surface area contributed by atoms with Crippen LogP contribution in [0, 0.1) is 11.8 Å². The van der Waals surface area contributed by atoms with Crippen molar-refractivity contribution in [3.8, 4) is 0 Å². The van der Waals surface area contributed by atoms with Gasteiger partial charge in [0, 0.05) is 12.3 Å². The van der Waals surface area contributed by atoms with Crippen LogP contribution in [0.4, 0.5) is 0 Å². The fraction of sp³-hybridized carbons (Fsp3) is 0.750. The first-order valence-corrected chi connectivity index (χ1v) is 5.44. The van der Waals surface area contributed by atoms with Crippen LogP contribution in [0.1, 0.15) is 46.0 Å². The predicted molar refractivity (Wildman–Crippen MR) is 53.4 cm³/mol. The first kappa shape index (κ1) is 8.98. The molecule has 0 aliphatic heterocycles. The molecule has 2 aliphatic carbocycles. The topological polar surface area (TPSA) is 17.1 Å². The van der Waals surface area contributed by atoms with Gasteiger partial charge in [-0.1, -0.05) is 25.0 Å². The molecule has 0 fully saturated rings. The van der Waals surface area contributed by atoms with Gasteiger partial charge in [0.05, 0.1) is 0 Å². The Morgan fingerprint density at radius 1 is 1.08 bits per heavy atom. The van der Waals surface area contributed by atoms with Gasteiger partial charge in [-0.05, 0) is 31.6 Å². The second-order valence-electron chi connectivity index (χ2n) is 4.55. The molecule has 0 bridgehead atoms. The molecule has 0 saturated carbocycles. The van der Waals surface area contributed by atoms with Crippen LogP contribution in [-0.4, -0.2) is 5.78 Å². The Morgan fingerprint density at radius 2 is 1.69 bits per heavy atom. The lowest BCUT2D eigenvalue weighted by molar-refractivity contribution is -0.122. The van der Waals surface area contributed by atoms with E-state index >= 15 is 0 Å². The number of allylic oxidation sites excluding steroid dienone is 2. The maximum absolute atomic E-state index is 11.6. The van der Waals surface area contributed by atoms with Gasteiger partial charge in [-0.3, -0.25) is 4.79 Å². The zero-order valence-electron chi connectivity index (χ0n) is 8.60. The van der Waals surface area contributed by atoms with Crippen molar-refractivity contribution >= 4 is 5.78 Å². The maximum Gasteiger partial charge on any atom is 0.140 e. The van der Waals surface area contributed by atoms with E-state index in [9.17, 15) is 4.79 Å². The van der Waals surface area contributed by atoms with Crippen LogP contribution < -0.4 is 0 Å². The number of ketones is 1. The van der Waals surface area contributed by atoms with E-state index in [0.29, 0.717) is 11.7 Å². The van der Waals surface area contributed by atoms with Crippen molar-refractivity contribution in [2.24, 2.45) is 11.8 Å². The van der Waals surface area contributed by atoms with Crippen LogP contribution in [0.2, 0.25) is 0 Å². The fourth-order valence-corrected chi connectivity index (χ4v) is 2.81. The van der Waals surface area contributed by atoms with Gasteiger partial charge < -0.3 is 0 Å². The van der Waals surface area contributed by atoms with Crippen LogP contribution >= 0.6 is 0 Å². The summed E-state index contributed by atoms with van der Waals surface area (Å²) in [5, 5.41) is 0. The molecule has 0 spiro atoms. The number of hydrogen-bond donors (Lipinski definition) is 0. The van der Waals surface area contributed by atoms with E-state index in [2.05, 4.69) is 13.8 Å². The molecule has 0 saturated heterocycles. The molecular weight excluding hydrogens is 160 g/mol. The summed E-state index contributed by atoms with van der Waals surface area (Å²) in [6.45, 7) is 4.30. The fourth-order valence-electron chi connectivity index (χ4n) is 2.81. The number of hydrogen-bond acceptors (Lipinski definition) is 1. The SMILES string of the molecule is CC1CC(=O)C(C)C2=C1CCCC2. The van der Waals surface area contributed by atoms with Crippen molar-refractivity contribution in [3.63, 3.8) is 0 Å². The van der Waals surface area contributed by atoms with Crippen molar-refractivity contribution in [2.45, 2.75) is 46.0 Å². The zero-order valence-corrected chi connectivity index (χ0v) is 8.60. The molecule has 0 aromatic heterocycles. The quantitative estimate of drug-likeness (QED) is 0.521. The molecule has 0 heterocycles. The van der Waals surface area contributed by atoms with Crippen molar-refractivity contribution in [1.29, 1.82) is 0 Å². The molecule has 13 heavy (non-hydrogen) atoms. The summed E-state index contributed by atoms with van der Waals surface area (Å²) in [4.78, 5) is 11.6. The van der Waals surface area contributed by atoms with E-state index in [1.807, 2.05) is 0 Å². The molecule has 1 heteroatoms. The van der Waals surface area contributed by atoms with Gasteiger partial charge in [-0.2, -0.15) is 0 Å². The van der Waals surface area contributed by atoms with Crippen molar-refractivity contribution < 1.29 is 4.79 Å². The molecule has 0 N–H and O–H groups in total. The van der Waals surface area contributed by atoms with Crippen molar-refractivity contribution in [1.82, 2.24) is 0 Å². The van der Waals surface area contributed by atoms with Crippen molar-refractivity contribution in [3.05, 3.63) is 11.1 Å². The molecule has 2 atom stereocenters. The molecule has 2 unspecified atom stereocenters. The van der Waals surface area contributed by atoms with Gasteiger partial charge in [0.1, 0.15) is 5.78 Å². The standard InChI is InChI=1S/C12H18O/c1-8-7-12(13)9(2)11-6-4-3-5-10(8)11/h8-9H,3-7H2,1-2H3. The largest absolute Gasteiger partial charge is 0.299 e. The second-order valence-corrected chi connectivity index (χ2v) is 4.55. The van der Waals surface area contributed by atoms with E-state index in [1.165, 1.54) is 31.3 Å². The lowest BCUT2D eigenvalue weighted by Gasteiger charge is -2.33. The third-order valence-corrected chi connectivity index (χ3v) is 3.66. The third-order valence-electron chi connectivity index (χ3n) is 3.66. The lowest BCUT2D eigenvalue weighted by atomic mass is 9.71. The molecule has 0 radical (unpaired) electrons. The Labute approximate surface area is 80.2 Å².